The van der Waals surface area contributed by atoms with Crippen molar-refractivity contribution < 1.29 is 0 Å². The molecule has 0 aliphatic rings. The maximum Gasteiger partial charge on any atom is 0.0588 e. The summed E-state index contributed by atoms with van der Waals surface area (Å²) in [6, 6.07) is 101. The average molecular weight is 829 g/mol. The number of hydrogen-bond donors (Lipinski definition) is 0. The molecule has 0 unspecified atom stereocenters. The smallest absolute Gasteiger partial charge is 0.0588 e. The molecular formula is C66H36. The number of hydrogen-bond acceptors (Lipinski definition) is 0. The molecule has 10 aromatic carbocycles. The monoisotopic (exact) mass is 828 g/mol. The second-order valence-electron chi connectivity index (χ2n) is 16.8. The topological polar surface area (TPSA) is 0 Å². The van der Waals surface area contributed by atoms with E-state index in [0.29, 0.717) is 32.3 Å². The van der Waals surface area contributed by atoms with E-state index in [4.69, 9.17) is 0 Å². The van der Waals surface area contributed by atoms with Gasteiger partial charge in [-0.15, -0.1) is 0 Å². The first-order valence-corrected chi connectivity index (χ1v) is 21.7. The van der Waals surface area contributed by atoms with Crippen molar-refractivity contribution in [2.45, 2.75) is 41.5 Å². The highest BCUT2D eigenvalue weighted by atomic mass is 14.1. The van der Waals surface area contributed by atoms with Crippen LogP contribution in [0.15, 0.2) is 109 Å². The fourth-order valence-corrected chi connectivity index (χ4v) is 7.91. The van der Waals surface area contributed by atoms with Crippen molar-refractivity contribution in [2.24, 2.45) is 0 Å². The standard InChI is InChI=1S/C66H36/c1-43-7-13-49-25-31-61-62(32-26-50-14-8-44(2)38-56(50)20-19-55(49)37-43)64-34-28-52-16-10-46(4)41-59(52)23-24-60-42-48(6)12-18-54(60)30-36-66(64)65-35-29-53-17-11-47(5)40-58(53)22-21-57-39-45(3)9-15-51(57)27-33-63(61)65/h7-18,37-42H,1-6H3. The van der Waals surface area contributed by atoms with Crippen molar-refractivity contribution in [3.8, 4) is 0 Å². The zero-order chi connectivity index (χ0) is 45.3. The Balaban J connectivity index is 1.56. The summed E-state index contributed by atoms with van der Waals surface area (Å²) < 4.78 is 0. The number of benzene rings is 7. The Morgan fingerprint density at radius 3 is 0.455 bits per heavy atom. The Bertz CT molecular complexity index is 3250. The van der Waals surface area contributed by atoms with Crippen molar-refractivity contribution in [1.29, 1.82) is 0 Å². The van der Waals surface area contributed by atoms with Gasteiger partial charge in [-0.2, -0.15) is 0 Å². The molecule has 0 bridgehead atoms. The van der Waals surface area contributed by atoms with Crippen LogP contribution in [0.2, 0.25) is 0 Å². The molecule has 0 nitrogen and oxygen atoms in total. The number of aryl methyl sites for hydroxylation is 6. The SMILES string of the molecule is Cc1ccc2c#cc3c4c#cc5ccc(C)cc5c#cc5cc(C)ccc5c#cc4c4c#cc5ccc(C)cc5c#cc5cc(C)ccc5c#cc4c3c#cc3ccc(C)cc3c#cc2c1. The van der Waals surface area contributed by atoms with Crippen molar-refractivity contribution in [2.75, 3.05) is 0 Å². The summed E-state index contributed by atoms with van der Waals surface area (Å²) >= 11 is 0. The largest absolute Gasteiger partial charge is 0.0603 e. The molecule has 10 aromatic rings. The van der Waals surface area contributed by atoms with Crippen LogP contribution in [-0.4, -0.2) is 0 Å². The van der Waals surface area contributed by atoms with Gasteiger partial charge in [0.25, 0.3) is 0 Å². The zero-order valence-electron chi connectivity index (χ0n) is 37.4. The first-order valence-electron chi connectivity index (χ1n) is 21.7. The van der Waals surface area contributed by atoms with Crippen LogP contribution in [-0.2, 0) is 0 Å². The summed E-state index contributed by atoms with van der Waals surface area (Å²) in [5, 5.41) is 13.3. The van der Waals surface area contributed by atoms with E-state index < -0.39 is 0 Å². The van der Waals surface area contributed by atoms with Crippen LogP contribution in [0, 0.1) is 151 Å². The molecule has 0 radical (unpaired) electrons. The quantitative estimate of drug-likeness (QED) is 0.143. The van der Waals surface area contributed by atoms with E-state index in [9.17, 15) is 0 Å². The van der Waals surface area contributed by atoms with Gasteiger partial charge in [-0.05, 0) is 148 Å². The Hall–Kier alpha value is -9.42. The lowest BCUT2D eigenvalue weighted by atomic mass is 10.00. The number of rotatable bonds is 0. The van der Waals surface area contributed by atoms with Crippen LogP contribution in [0.3, 0.4) is 0 Å². The van der Waals surface area contributed by atoms with Crippen LogP contribution in [0.5, 0.6) is 0 Å². The molecule has 0 saturated heterocycles. The molecule has 0 amide bonds. The minimum Gasteiger partial charge on any atom is -0.0603 e. The minimum absolute atomic E-state index is 0.607. The van der Waals surface area contributed by atoms with Gasteiger partial charge in [-0.1, -0.05) is 146 Å². The molecule has 0 heteroatoms. The number of fused-ring (bicyclic) bond motifs is 12. The van der Waals surface area contributed by atoms with Crippen LogP contribution < -0.4 is 0 Å². The molecule has 0 aromatic heterocycles. The summed E-state index contributed by atoms with van der Waals surface area (Å²) in [6.07, 6.45) is 0. The molecule has 0 N–H and O–H groups in total. The molecule has 0 aliphatic heterocycles. The van der Waals surface area contributed by atoms with Crippen LogP contribution in [0.25, 0.3) is 97.0 Å². The van der Waals surface area contributed by atoms with E-state index in [2.05, 4.69) is 224 Å². The van der Waals surface area contributed by atoms with Crippen LogP contribution in [0.1, 0.15) is 33.4 Å². The fourth-order valence-electron chi connectivity index (χ4n) is 7.91. The van der Waals surface area contributed by atoms with E-state index in [-0.39, 0.29) is 0 Å². The van der Waals surface area contributed by atoms with Gasteiger partial charge < -0.3 is 0 Å². The summed E-state index contributed by atoms with van der Waals surface area (Å²) in [6.45, 7) is 12.4. The second kappa shape index (κ2) is 17.0. The van der Waals surface area contributed by atoms with Gasteiger partial charge in [0.1, 0.15) is 0 Å². The Kier molecular flexibility index (Phi) is 10.5. The van der Waals surface area contributed by atoms with Gasteiger partial charge in [-0.25, -0.2) is 0 Å². The van der Waals surface area contributed by atoms with Crippen LogP contribution >= 0.6 is 0 Å². The highest BCUT2D eigenvalue weighted by Gasteiger charge is 2.07. The minimum atomic E-state index is 0.607. The molecule has 10 rings (SSSR count). The van der Waals surface area contributed by atoms with E-state index in [1.807, 2.05) is 36.4 Å². The van der Waals surface area contributed by atoms with Crippen molar-refractivity contribution >= 4 is 97.0 Å². The average Bonchev–Trinajstić information content (AvgIpc) is 3.29. The van der Waals surface area contributed by atoms with Gasteiger partial charge >= 0.3 is 0 Å². The predicted molar refractivity (Wildman–Crippen MR) is 271 cm³/mol. The Labute approximate surface area is 388 Å². The Morgan fingerprint density at radius 1 is 0.167 bits per heavy atom. The third kappa shape index (κ3) is 8.28. The molecule has 0 aliphatic carbocycles. The molecular weight excluding hydrogens is 793 g/mol. The maximum atomic E-state index is 3.62. The fraction of sp³-hybridized carbons (Fsp3) is 0.0909. The van der Waals surface area contributed by atoms with E-state index in [1.54, 1.807) is 0 Å². The molecule has 300 valence electrons. The molecule has 0 atom stereocenters. The third-order valence-corrected chi connectivity index (χ3v) is 11.5. The molecule has 0 heterocycles. The third-order valence-electron chi connectivity index (χ3n) is 11.5. The molecule has 66 heavy (non-hydrogen) atoms. The van der Waals surface area contributed by atoms with Gasteiger partial charge in [-0.3, -0.25) is 0 Å². The summed E-state index contributed by atoms with van der Waals surface area (Å²) in [5.41, 5.74) is 6.53. The summed E-state index contributed by atoms with van der Waals surface area (Å²) in [4.78, 5) is 0. The van der Waals surface area contributed by atoms with E-state index in [1.165, 1.54) is 0 Å². The first kappa shape index (κ1) is 40.6. The normalized spacial score (nSPS) is 10.1. The van der Waals surface area contributed by atoms with Crippen molar-refractivity contribution in [1.82, 2.24) is 0 Å². The Morgan fingerprint density at radius 2 is 0.303 bits per heavy atom. The molecule has 0 saturated carbocycles. The van der Waals surface area contributed by atoms with Crippen LogP contribution in [0.4, 0.5) is 0 Å². The van der Waals surface area contributed by atoms with Crippen molar-refractivity contribution in [3.05, 3.63) is 252 Å². The lowest BCUT2D eigenvalue weighted by Crippen LogP contribution is -1.77. The van der Waals surface area contributed by atoms with Gasteiger partial charge in [0, 0.05) is 64.6 Å². The van der Waals surface area contributed by atoms with Gasteiger partial charge in [0.15, 0.2) is 0 Å². The van der Waals surface area contributed by atoms with Gasteiger partial charge in [0.05, 0.1) is 32.3 Å². The van der Waals surface area contributed by atoms with E-state index >= 15 is 0 Å². The lowest BCUT2D eigenvalue weighted by Gasteiger charge is -1.99. The molecule has 0 spiro atoms. The highest BCUT2D eigenvalue weighted by Crippen LogP contribution is 2.29. The predicted octanol–water partition coefficient (Wildman–Crippen LogP) is 15.4. The van der Waals surface area contributed by atoms with Gasteiger partial charge in [0.2, 0.25) is 0 Å². The van der Waals surface area contributed by atoms with Crippen molar-refractivity contribution in [3.63, 3.8) is 0 Å². The maximum absolute atomic E-state index is 3.62. The second-order valence-corrected chi connectivity index (χ2v) is 16.8. The van der Waals surface area contributed by atoms with E-state index in [0.717, 1.165) is 98.0 Å². The summed E-state index contributed by atoms with van der Waals surface area (Å²) in [7, 11) is 0. The lowest BCUT2D eigenvalue weighted by molar-refractivity contribution is 1.51. The zero-order valence-corrected chi connectivity index (χ0v) is 37.4. The first-order chi connectivity index (χ1) is 32.1. The molecule has 0 fully saturated rings. The summed E-state index contributed by atoms with van der Waals surface area (Å²) in [5.74, 6) is 0. The highest BCUT2D eigenvalue weighted by molar-refractivity contribution is 6.22.